The molecule has 4 rings (SSSR count). The minimum atomic E-state index is -4.23. The summed E-state index contributed by atoms with van der Waals surface area (Å²) in [5, 5.41) is 25.4. The van der Waals surface area contributed by atoms with Crippen molar-refractivity contribution in [1.82, 2.24) is 4.83 Å². The number of nitro groups is 2. The highest BCUT2D eigenvalue weighted by Crippen LogP contribution is 2.36. The molecule has 30 heavy (non-hydrogen) atoms. The summed E-state index contributed by atoms with van der Waals surface area (Å²) in [6.45, 7) is 0. The Morgan fingerprint density at radius 3 is 2.43 bits per heavy atom. The van der Waals surface area contributed by atoms with Crippen LogP contribution in [0, 0.1) is 20.2 Å². The topological polar surface area (TPSA) is 174 Å². The van der Waals surface area contributed by atoms with Crippen molar-refractivity contribution >= 4 is 49.5 Å². The SMILES string of the molecule is O=C1Nc2ccc(S(=O)(=O)NNc3ccc([N+](=O)[O-])cc3[N+](=O)[O-])c3cccc1c23. The van der Waals surface area contributed by atoms with Crippen LogP contribution in [0.15, 0.2) is 53.4 Å². The fraction of sp³-hybridized carbons (Fsp3) is 0. The second-order valence-electron chi connectivity index (χ2n) is 6.24. The minimum absolute atomic E-state index is 0.156. The molecule has 3 aromatic rings. The van der Waals surface area contributed by atoms with Crippen molar-refractivity contribution in [3.63, 3.8) is 0 Å². The van der Waals surface area contributed by atoms with E-state index in [1.165, 1.54) is 18.2 Å². The number of rotatable bonds is 6. The lowest BCUT2D eigenvalue weighted by atomic mass is 10.1. The molecule has 0 saturated heterocycles. The van der Waals surface area contributed by atoms with Gasteiger partial charge in [0.25, 0.3) is 21.6 Å². The molecule has 0 aromatic heterocycles. The van der Waals surface area contributed by atoms with Crippen LogP contribution in [-0.4, -0.2) is 24.2 Å². The van der Waals surface area contributed by atoms with Crippen LogP contribution in [0.4, 0.5) is 22.7 Å². The molecule has 13 heteroatoms. The first kappa shape index (κ1) is 19.2. The maximum Gasteiger partial charge on any atom is 0.300 e. The number of anilines is 2. The highest BCUT2D eigenvalue weighted by molar-refractivity contribution is 7.89. The monoisotopic (exact) mass is 429 g/mol. The predicted molar refractivity (Wildman–Crippen MR) is 106 cm³/mol. The van der Waals surface area contributed by atoms with Crippen LogP contribution in [0.25, 0.3) is 10.8 Å². The van der Waals surface area contributed by atoms with Gasteiger partial charge in [-0.15, -0.1) is 4.83 Å². The standard InChI is InChI=1S/C17H11N5O7S/c23-17-11-3-1-2-10-15(7-6-13(18-17)16(10)11)30(28,29)20-19-12-5-4-9(21(24)25)8-14(12)22(26)27/h1-8,19-20H,(H,18,23). The fourth-order valence-corrected chi connectivity index (χ4v) is 4.23. The number of nitrogens with one attached hydrogen (secondary N) is 3. The van der Waals surface area contributed by atoms with Crippen LogP contribution in [-0.2, 0) is 10.0 Å². The Hall–Kier alpha value is -4.10. The van der Waals surface area contributed by atoms with Crippen molar-refractivity contribution < 1.29 is 23.1 Å². The Kier molecular flexibility index (Phi) is 4.33. The number of sulfonamides is 1. The summed E-state index contributed by atoms with van der Waals surface area (Å²) >= 11 is 0. The van der Waals surface area contributed by atoms with Gasteiger partial charge in [-0.2, -0.15) is 0 Å². The van der Waals surface area contributed by atoms with Gasteiger partial charge in [0.15, 0.2) is 0 Å². The molecule has 12 nitrogen and oxygen atoms in total. The summed E-state index contributed by atoms with van der Waals surface area (Å²) in [4.78, 5) is 34.2. The molecule has 0 aliphatic carbocycles. The van der Waals surface area contributed by atoms with Crippen LogP contribution in [0.3, 0.4) is 0 Å². The Morgan fingerprint density at radius 1 is 0.967 bits per heavy atom. The molecule has 3 aromatic carbocycles. The summed E-state index contributed by atoms with van der Waals surface area (Å²) < 4.78 is 25.7. The van der Waals surface area contributed by atoms with E-state index >= 15 is 0 Å². The van der Waals surface area contributed by atoms with Gasteiger partial charge in [-0.25, -0.2) is 8.42 Å². The summed E-state index contributed by atoms with van der Waals surface area (Å²) in [7, 11) is -4.23. The molecule has 0 bridgehead atoms. The van der Waals surface area contributed by atoms with E-state index in [9.17, 15) is 33.4 Å². The van der Waals surface area contributed by atoms with Crippen molar-refractivity contribution in [2.75, 3.05) is 10.7 Å². The number of nitro benzene ring substituents is 2. The number of hydrogen-bond acceptors (Lipinski definition) is 8. The molecule has 0 spiro atoms. The van der Waals surface area contributed by atoms with Crippen molar-refractivity contribution in [3.8, 4) is 0 Å². The largest absolute Gasteiger partial charge is 0.321 e. The van der Waals surface area contributed by atoms with Gasteiger partial charge in [-0.3, -0.25) is 25.0 Å². The molecule has 0 unspecified atom stereocenters. The Labute approximate surface area is 167 Å². The van der Waals surface area contributed by atoms with E-state index in [0.717, 1.165) is 12.1 Å². The quantitative estimate of drug-likeness (QED) is 0.396. The number of hydrogen-bond donors (Lipinski definition) is 3. The maximum absolute atomic E-state index is 12.8. The fourth-order valence-electron chi connectivity index (χ4n) is 3.16. The maximum atomic E-state index is 12.8. The van der Waals surface area contributed by atoms with Crippen molar-refractivity contribution in [3.05, 3.63) is 74.3 Å². The molecule has 0 atom stereocenters. The van der Waals surface area contributed by atoms with Crippen LogP contribution >= 0.6 is 0 Å². The normalized spacial score (nSPS) is 12.6. The van der Waals surface area contributed by atoms with E-state index < -0.39 is 31.2 Å². The minimum Gasteiger partial charge on any atom is -0.321 e. The average molecular weight is 429 g/mol. The summed E-state index contributed by atoms with van der Waals surface area (Å²) in [6.07, 6.45) is 0. The van der Waals surface area contributed by atoms with Gasteiger partial charge in [-0.05, 0) is 24.3 Å². The van der Waals surface area contributed by atoms with Crippen molar-refractivity contribution in [2.45, 2.75) is 4.90 Å². The summed E-state index contributed by atoms with van der Waals surface area (Å²) in [5.74, 6) is -0.349. The first-order chi connectivity index (χ1) is 14.2. The molecule has 1 aliphatic rings. The van der Waals surface area contributed by atoms with Crippen LogP contribution < -0.4 is 15.6 Å². The lowest BCUT2D eigenvalue weighted by Crippen LogP contribution is -2.30. The van der Waals surface area contributed by atoms with E-state index in [-0.39, 0.29) is 21.9 Å². The second kappa shape index (κ2) is 6.75. The smallest absolute Gasteiger partial charge is 0.300 e. The number of hydrazine groups is 1. The zero-order chi connectivity index (χ0) is 21.6. The van der Waals surface area contributed by atoms with E-state index in [1.807, 2.05) is 4.83 Å². The second-order valence-corrected chi connectivity index (χ2v) is 7.89. The molecule has 1 heterocycles. The number of benzene rings is 3. The van der Waals surface area contributed by atoms with Crippen LogP contribution in [0.5, 0.6) is 0 Å². The third-order valence-electron chi connectivity index (χ3n) is 4.49. The number of amides is 1. The molecule has 0 saturated carbocycles. The Bertz CT molecular complexity index is 1370. The lowest BCUT2D eigenvalue weighted by Gasteiger charge is -2.12. The predicted octanol–water partition coefficient (Wildman–Crippen LogP) is 2.53. The van der Waals surface area contributed by atoms with Crippen molar-refractivity contribution in [1.29, 1.82) is 0 Å². The summed E-state index contributed by atoms with van der Waals surface area (Å²) in [6, 6.07) is 10.1. The van der Waals surface area contributed by atoms with Crippen LogP contribution in [0.2, 0.25) is 0 Å². The van der Waals surface area contributed by atoms with Crippen molar-refractivity contribution in [2.24, 2.45) is 0 Å². The number of non-ortho nitro benzene ring substituents is 1. The van der Waals surface area contributed by atoms with Gasteiger partial charge in [0.2, 0.25) is 0 Å². The lowest BCUT2D eigenvalue weighted by molar-refractivity contribution is -0.393. The average Bonchev–Trinajstić information content (AvgIpc) is 3.03. The van der Waals surface area contributed by atoms with Gasteiger partial charge in [-0.1, -0.05) is 12.1 Å². The molecule has 1 amide bonds. The van der Waals surface area contributed by atoms with Gasteiger partial charge in [0.1, 0.15) is 5.69 Å². The number of carbonyl (C=O) groups is 1. The van der Waals surface area contributed by atoms with Gasteiger partial charge in [0, 0.05) is 28.1 Å². The van der Waals surface area contributed by atoms with Gasteiger partial charge < -0.3 is 10.7 Å². The molecule has 0 fully saturated rings. The van der Waals surface area contributed by atoms with E-state index in [4.69, 9.17) is 0 Å². The molecule has 3 N–H and O–H groups in total. The third-order valence-corrected chi connectivity index (χ3v) is 5.80. The van der Waals surface area contributed by atoms with E-state index in [2.05, 4.69) is 10.7 Å². The molecular formula is C17H11N5O7S. The molecule has 152 valence electrons. The van der Waals surface area contributed by atoms with Gasteiger partial charge in [0.05, 0.1) is 20.8 Å². The third kappa shape index (κ3) is 3.07. The number of carbonyl (C=O) groups excluding carboxylic acids is 1. The molecule has 0 radical (unpaired) electrons. The zero-order valence-corrected chi connectivity index (χ0v) is 15.6. The summed E-state index contributed by atoms with van der Waals surface area (Å²) in [5.41, 5.74) is 1.57. The van der Waals surface area contributed by atoms with Crippen LogP contribution in [0.1, 0.15) is 10.4 Å². The van der Waals surface area contributed by atoms with E-state index in [1.54, 1.807) is 12.1 Å². The molecular weight excluding hydrogens is 418 g/mol. The Balaban J connectivity index is 1.71. The zero-order valence-electron chi connectivity index (χ0n) is 14.8. The van der Waals surface area contributed by atoms with Gasteiger partial charge >= 0.3 is 5.69 Å². The Morgan fingerprint density at radius 2 is 1.73 bits per heavy atom. The number of nitrogens with zero attached hydrogens (tertiary/aromatic N) is 2. The highest BCUT2D eigenvalue weighted by atomic mass is 32.2. The molecule has 1 aliphatic heterocycles. The first-order valence-electron chi connectivity index (χ1n) is 8.27. The van der Waals surface area contributed by atoms with E-state index in [0.29, 0.717) is 22.7 Å². The first-order valence-corrected chi connectivity index (χ1v) is 9.75. The highest BCUT2D eigenvalue weighted by Gasteiger charge is 2.27.